The van der Waals surface area contributed by atoms with Gasteiger partial charge in [-0.2, -0.15) is 5.10 Å². The number of halogens is 1. The second-order valence-corrected chi connectivity index (χ2v) is 9.64. The molecule has 1 aliphatic heterocycles. The van der Waals surface area contributed by atoms with Gasteiger partial charge < -0.3 is 14.8 Å². The lowest BCUT2D eigenvalue weighted by atomic mass is 9.74. The summed E-state index contributed by atoms with van der Waals surface area (Å²) in [6.45, 7) is 3.77. The molecule has 5 rings (SSSR count). The smallest absolute Gasteiger partial charge is 0.261 e. The molecule has 1 amide bonds. The molecule has 8 heteroatoms. The molecule has 0 radical (unpaired) electrons. The van der Waals surface area contributed by atoms with E-state index < -0.39 is 0 Å². The summed E-state index contributed by atoms with van der Waals surface area (Å²) in [6.07, 6.45) is 1.68. The van der Waals surface area contributed by atoms with Crippen molar-refractivity contribution in [2.75, 3.05) is 26.9 Å². The van der Waals surface area contributed by atoms with Crippen molar-refractivity contribution in [2.24, 2.45) is 0 Å². The minimum atomic E-state index is -0.297. The van der Waals surface area contributed by atoms with Crippen LogP contribution in [0.2, 0.25) is 0 Å². The van der Waals surface area contributed by atoms with E-state index in [1.807, 2.05) is 25.1 Å². The van der Waals surface area contributed by atoms with Crippen molar-refractivity contribution in [3.63, 3.8) is 0 Å². The maximum atomic E-state index is 13.4. The third-order valence-electron chi connectivity index (χ3n) is 6.58. The first kappa shape index (κ1) is 22.6. The van der Waals surface area contributed by atoms with Crippen molar-refractivity contribution in [2.45, 2.75) is 25.2 Å². The molecule has 0 atom stereocenters. The predicted molar refractivity (Wildman–Crippen MR) is 131 cm³/mol. The van der Waals surface area contributed by atoms with Gasteiger partial charge in [-0.1, -0.05) is 12.1 Å². The Balaban J connectivity index is 1.39. The normalized spacial score (nSPS) is 15.4. The molecule has 34 heavy (non-hydrogen) atoms. The van der Waals surface area contributed by atoms with Crippen LogP contribution >= 0.6 is 11.3 Å². The Hall–Kier alpha value is -3.23. The number of hydrogen-bond acceptors (Lipinski definition) is 5. The van der Waals surface area contributed by atoms with Gasteiger partial charge in [0.2, 0.25) is 0 Å². The molecular formula is C26H26FN3O3S. The first-order valence-corrected chi connectivity index (χ1v) is 12.1. The third-order valence-corrected chi connectivity index (χ3v) is 7.69. The average Bonchev–Trinajstić information content (AvgIpc) is 3.44. The maximum Gasteiger partial charge on any atom is 0.261 e. The summed E-state index contributed by atoms with van der Waals surface area (Å²) >= 11 is 1.39. The highest BCUT2D eigenvalue weighted by Crippen LogP contribution is 2.36. The van der Waals surface area contributed by atoms with E-state index in [4.69, 9.17) is 9.47 Å². The zero-order valence-electron chi connectivity index (χ0n) is 19.1. The molecule has 3 heterocycles. The number of rotatable bonds is 6. The van der Waals surface area contributed by atoms with Crippen molar-refractivity contribution < 1.29 is 18.7 Å². The molecule has 6 nitrogen and oxygen atoms in total. The lowest BCUT2D eigenvalue weighted by molar-refractivity contribution is 0.0487. The first-order valence-electron chi connectivity index (χ1n) is 11.2. The van der Waals surface area contributed by atoms with E-state index in [0.717, 1.165) is 40.2 Å². The van der Waals surface area contributed by atoms with Gasteiger partial charge in [-0.15, -0.1) is 11.3 Å². The number of nitrogens with zero attached hydrogens (tertiary/aromatic N) is 2. The Labute approximate surface area is 201 Å². The van der Waals surface area contributed by atoms with Crippen LogP contribution < -0.4 is 10.1 Å². The summed E-state index contributed by atoms with van der Waals surface area (Å²) in [5.41, 5.74) is 2.58. The molecule has 1 saturated heterocycles. The van der Waals surface area contributed by atoms with Crippen LogP contribution in [0, 0.1) is 12.7 Å². The maximum absolute atomic E-state index is 13.4. The fourth-order valence-corrected chi connectivity index (χ4v) is 5.63. The lowest BCUT2D eigenvalue weighted by Crippen LogP contribution is -2.44. The van der Waals surface area contributed by atoms with Crippen molar-refractivity contribution in [3.8, 4) is 11.4 Å². The second kappa shape index (κ2) is 9.19. The Morgan fingerprint density at radius 3 is 2.56 bits per heavy atom. The van der Waals surface area contributed by atoms with Crippen LogP contribution in [0.1, 0.15) is 33.8 Å². The van der Waals surface area contributed by atoms with Gasteiger partial charge in [-0.25, -0.2) is 9.07 Å². The van der Waals surface area contributed by atoms with E-state index in [0.29, 0.717) is 24.6 Å². The fraction of sp³-hybridized carbons (Fsp3) is 0.308. The number of fused-ring (bicyclic) bond motifs is 1. The van der Waals surface area contributed by atoms with Gasteiger partial charge in [-0.3, -0.25) is 4.79 Å². The number of hydrogen-bond donors (Lipinski definition) is 1. The summed E-state index contributed by atoms with van der Waals surface area (Å²) in [6, 6.07) is 16.2. The Morgan fingerprint density at radius 1 is 1.18 bits per heavy atom. The summed E-state index contributed by atoms with van der Waals surface area (Å²) in [5, 5.41) is 8.69. The molecular weight excluding hydrogens is 453 g/mol. The summed E-state index contributed by atoms with van der Waals surface area (Å²) in [5.74, 6) is 0.408. The summed E-state index contributed by atoms with van der Waals surface area (Å²) < 4.78 is 26.1. The second-order valence-electron chi connectivity index (χ2n) is 8.61. The molecule has 1 N–H and O–H groups in total. The van der Waals surface area contributed by atoms with E-state index in [1.165, 1.54) is 29.0 Å². The van der Waals surface area contributed by atoms with Crippen LogP contribution in [0.5, 0.6) is 5.75 Å². The number of nitrogens with one attached hydrogen (secondary N) is 1. The highest BCUT2D eigenvalue weighted by molar-refractivity contribution is 7.20. The minimum absolute atomic E-state index is 0.106. The Morgan fingerprint density at radius 2 is 1.88 bits per heavy atom. The van der Waals surface area contributed by atoms with Crippen LogP contribution in [-0.2, 0) is 10.2 Å². The molecule has 0 unspecified atom stereocenters. The van der Waals surface area contributed by atoms with E-state index >= 15 is 0 Å². The van der Waals surface area contributed by atoms with Gasteiger partial charge in [0.1, 0.15) is 16.4 Å². The van der Waals surface area contributed by atoms with Crippen LogP contribution in [0.15, 0.2) is 54.6 Å². The molecule has 0 aliphatic carbocycles. The van der Waals surface area contributed by atoms with E-state index in [1.54, 1.807) is 23.9 Å². The largest absolute Gasteiger partial charge is 0.497 e. The van der Waals surface area contributed by atoms with Crippen LogP contribution in [-0.4, -0.2) is 42.6 Å². The van der Waals surface area contributed by atoms with Gasteiger partial charge in [0.25, 0.3) is 5.91 Å². The number of amides is 1. The number of aryl methyl sites for hydroxylation is 1. The van der Waals surface area contributed by atoms with Crippen LogP contribution in [0.25, 0.3) is 15.9 Å². The molecule has 176 valence electrons. The van der Waals surface area contributed by atoms with Crippen molar-refractivity contribution >= 4 is 27.5 Å². The number of thiophene rings is 1. The highest BCUT2D eigenvalue weighted by atomic mass is 32.1. The van der Waals surface area contributed by atoms with E-state index in [9.17, 15) is 9.18 Å². The molecule has 0 bridgehead atoms. The Bertz CT molecular complexity index is 1310. The molecule has 1 aliphatic rings. The van der Waals surface area contributed by atoms with Crippen LogP contribution in [0.3, 0.4) is 0 Å². The van der Waals surface area contributed by atoms with E-state index in [-0.39, 0.29) is 17.1 Å². The molecule has 0 spiro atoms. The Kier molecular flexibility index (Phi) is 6.10. The van der Waals surface area contributed by atoms with E-state index in [2.05, 4.69) is 22.5 Å². The van der Waals surface area contributed by atoms with Gasteiger partial charge in [0, 0.05) is 30.6 Å². The molecule has 0 saturated carbocycles. The third kappa shape index (κ3) is 4.19. The molecule has 4 aromatic rings. The predicted octanol–water partition coefficient (Wildman–Crippen LogP) is 5.02. The number of benzene rings is 2. The first-order chi connectivity index (χ1) is 16.5. The number of carbonyl (C=O) groups is 1. The SMILES string of the molecule is COc1ccc(C2(CNC(=O)c3cc4c(C)nn(-c5ccc(F)cc5)c4s3)CCOCC2)cc1. The number of ether oxygens (including phenoxy) is 2. The monoisotopic (exact) mass is 479 g/mol. The summed E-state index contributed by atoms with van der Waals surface area (Å²) in [4.78, 5) is 14.7. The average molecular weight is 480 g/mol. The highest BCUT2D eigenvalue weighted by Gasteiger charge is 2.35. The molecule has 1 fully saturated rings. The number of carbonyl (C=O) groups excluding carboxylic acids is 1. The van der Waals surface area contributed by atoms with Crippen molar-refractivity contribution in [3.05, 3.63) is 76.5 Å². The quantitative estimate of drug-likeness (QED) is 0.422. The van der Waals surface area contributed by atoms with Crippen molar-refractivity contribution in [1.82, 2.24) is 15.1 Å². The van der Waals surface area contributed by atoms with Gasteiger partial charge in [0.15, 0.2) is 0 Å². The van der Waals surface area contributed by atoms with Crippen LogP contribution in [0.4, 0.5) is 4.39 Å². The van der Waals surface area contributed by atoms with Gasteiger partial charge in [0.05, 0.1) is 23.4 Å². The fourth-order valence-electron chi connectivity index (χ4n) is 4.53. The van der Waals surface area contributed by atoms with Gasteiger partial charge >= 0.3 is 0 Å². The standard InChI is InChI=1S/C26H26FN3O3S/c1-17-22-15-23(34-25(22)30(29-17)20-7-5-19(27)6-8-20)24(31)28-16-26(11-13-33-14-12-26)18-3-9-21(32-2)10-4-18/h3-10,15H,11-14,16H2,1-2H3,(H,28,31). The van der Waals surface area contributed by atoms with Gasteiger partial charge in [-0.05, 0) is 67.8 Å². The van der Waals surface area contributed by atoms with Crippen molar-refractivity contribution in [1.29, 1.82) is 0 Å². The minimum Gasteiger partial charge on any atom is -0.497 e. The number of methoxy groups -OCH3 is 1. The number of aromatic nitrogens is 2. The molecule has 2 aromatic heterocycles. The molecule has 2 aromatic carbocycles. The zero-order chi connectivity index (χ0) is 23.7. The topological polar surface area (TPSA) is 65.4 Å². The lowest BCUT2D eigenvalue weighted by Gasteiger charge is -2.38. The zero-order valence-corrected chi connectivity index (χ0v) is 20.0. The summed E-state index contributed by atoms with van der Waals surface area (Å²) in [7, 11) is 1.65.